The van der Waals surface area contributed by atoms with Crippen LogP contribution < -0.4 is 5.32 Å². The number of nitrogens with zero attached hydrogens (tertiary/aromatic N) is 1. The van der Waals surface area contributed by atoms with E-state index in [2.05, 4.69) is 12.2 Å². The maximum atomic E-state index is 12.4. The normalized spacial score (nSPS) is 25.6. The molecule has 19 heavy (non-hydrogen) atoms. The maximum Gasteiger partial charge on any atom is 0.330 e. The molecule has 5 nitrogen and oxygen atoms in total. The summed E-state index contributed by atoms with van der Waals surface area (Å²) in [6, 6.07) is -0.561. The Bertz CT molecular complexity index is 422. The number of imide groups is 2. The van der Waals surface area contributed by atoms with Gasteiger partial charge < -0.3 is 0 Å². The lowest BCUT2D eigenvalue weighted by atomic mass is 9.81. The summed E-state index contributed by atoms with van der Waals surface area (Å²) in [5, 5.41) is 2.29. The van der Waals surface area contributed by atoms with Crippen molar-refractivity contribution in [3.05, 3.63) is 0 Å². The average Bonchev–Trinajstić information content (AvgIpc) is 2.82. The standard InChI is InChI=1S/C14H22N2O3/c1-4-14(7-5-6-8-14)9-16-11(18)13(2,3)10(17)15-12(16)19/h4-9H2,1-3H3,(H,15,17,19). The number of hydrogen-bond acceptors (Lipinski definition) is 3. The summed E-state index contributed by atoms with van der Waals surface area (Å²) in [5.74, 6) is -0.878. The van der Waals surface area contributed by atoms with Gasteiger partial charge in [-0.3, -0.25) is 19.8 Å². The molecule has 2 fully saturated rings. The van der Waals surface area contributed by atoms with Crippen LogP contribution in [0.15, 0.2) is 0 Å². The summed E-state index contributed by atoms with van der Waals surface area (Å²) in [5.41, 5.74) is -1.11. The minimum atomic E-state index is -1.15. The van der Waals surface area contributed by atoms with Crippen LogP contribution >= 0.6 is 0 Å². The van der Waals surface area contributed by atoms with Gasteiger partial charge in [0.05, 0.1) is 0 Å². The quantitative estimate of drug-likeness (QED) is 0.795. The third-order valence-electron chi connectivity index (χ3n) is 4.72. The van der Waals surface area contributed by atoms with E-state index in [0.717, 1.165) is 32.1 Å². The second-order valence-corrected chi connectivity index (χ2v) is 6.34. The van der Waals surface area contributed by atoms with Crippen molar-refractivity contribution < 1.29 is 14.4 Å². The van der Waals surface area contributed by atoms with E-state index in [4.69, 9.17) is 0 Å². The first-order valence-corrected chi connectivity index (χ1v) is 7.00. The van der Waals surface area contributed by atoms with Gasteiger partial charge in [0.25, 0.3) is 0 Å². The highest BCUT2D eigenvalue weighted by molar-refractivity contribution is 6.18. The Hall–Kier alpha value is -1.39. The predicted molar refractivity (Wildman–Crippen MR) is 70.2 cm³/mol. The van der Waals surface area contributed by atoms with E-state index in [0.29, 0.717) is 6.54 Å². The van der Waals surface area contributed by atoms with E-state index in [-0.39, 0.29) is 11.3 Å². The molecule has 0 aromatic rings. The third kappa shape index (κ3) is 2.26. The Kier molecular flexibility index (Phi) is 3.41. The molecule has 2 aliphatic rings. The monoisotopic (exact) mass is 266 g/mol. The molecule has 1 aliphatic carbocycles. The lowest BCUT2D eigenvalue weighted by molar-refractivity contribution is -0.150. The van der Waals surface area contributed by atoms with Crippen molar-refractivity contribution in [3.8, 4) is 0 Å². The fraction of sp³-hybridized carbons (Fsp3) is 0.786. The number of nitrogens with one attached hydrogen (secondary N) is 1. The molecule has 5 heteroatoms. The van der Waals surface area contributed by atoms with Gasteiger partial charge in [0.15, 0.2) is 0 Å². The molecule has 2 rings (SSSR count). The van der Waals surface area contributed by atoms with Crippen molar-refractivity contribution in [2.45, 2.75) is 52.9 Å². The van der Waals surface area contributed by atoms with E-state index < -0.39 is 17.4 Å². The van der Waals surface area contributed by atoms with Crippen molar-refractivity contribution >= 4 is 17.8 Å². The van der Waals surface area contributed by atoms with Crippen LogP contribution in [0.25, 0.3) is 0 Å². The lowest BCUT2D eigenvalue weighted by Crippen LogP contribution is -2.63. The second-order valence-electron chi connectivity index (χ2n) is 6.34. The summed E-state index contributed by atoms with van der Waals surface area (Å²) in [7, 11) is 0. The zero-order valence-electron chi connectivity index (χ0n) is 11.9. The molecule has 4 amide bonds. The van der Waals surface area contributed by atoms with Crippen LogP contribution in [0, 0.1) is 10.8 Å². The molecule has 0 aromatic carbocycles. The van der Waals surface area contributed by atoms with E-state index in [9.17, 15) is 14.4 Å². The molecule has 0 spiro atoms. The maximum absolute atomic E-state index is 12.4. The van der Waals surface area contributed by atoms with Gasteiger partial charge in [0, 0.05) is 6.54 Å². The highest BCUT2D eigenvalue weighted by Crippen LogP contribution is 2.42. The van der Waals surface area contributed by atoms with Gasteiger partial charge in [0.1, 0.15) is 5.41 Å². The van der Waals surface area contributed by atoms with Gasteiger partial charge in [-0.1, -0.05) is 19.8 Å². The largest absolute Gasteiger partial charge is 0.330 e. The summed E-state index contributed by atoms with van der Waals surface area (Å²) < 4.78 is 0. The Labute approximate surface area is 113 Å². The van der Waals surface area contributed by atoms with Crippen molar-refractivity contribution in [1.29, 1.82) is 0 Å². The average molecular weight is 266 g/mol. The molecular weight excluding hydrogens is 244 g/mol. The molecule has 0 radical (unpaired) electrons. The van der Waals surface area contributed by atoms with Gasteiger partial charge in [-0.2, -0.15) is 0 Å². The SMILES string of the molecule is CCC1(CN2C(=O)NC(=O)C(C)(C)C2=O)CCCC1. The molecular formula is C14H22N2O3. The van der Waals surface area contributed by atoms with Gasteiger partial charge in [0.2, 0.25) is 11.8 Å². The number of urea groups is 1. The Balaban J connectivity index is 2.21. The minimum absolute atomic E-state index is 0.0451. The van der Waals surface area contributed by atoms with Crippen molar-refractivity contribution in [2.24, 2.45) is 10.8 Å². The summed E-state index contributed by atoms with van der Waals surface area (Å²) >= 11 is 0. The molecule has 1 saturated carbocycles. The number of carbonyl (C=O) groups excluding carboxylic acids is 3. The molecule has 1 aliphatic heterocycles. The first kappa shape index (κ1) is 14.0. The summed E-state index contributed by atoms with van der Waals surface area (Å²) in [6.45, 7) is 5.67. The van der Waals surface area contributed by atoms with Gasteiger partial charge in [-0.05, 0) is 38.5 Å². The van der Waals surface area contributed by atoms with Crippen LogP contribution in [0.3, 0.4) is 0 Å². The van der Waals surface area contributed by atoms with Gasteiger partial charge >= 0.3 is 6.03 Å². The summed E-state index contributed by atoms with van der Waals surface area (Å²) in [6.07, 6.45) is 5.36. The molecule has 0 unspecified atom stereocenters. The van der Waals surface area contributed by atoms with Crippen molar-refractivity contribution in [2.75, 3.05) is 6.54 Å². The fourth-order valence-electron chi connectivity index (χ4n) is 3.08. The van der Waals surface area contributed by atoms with Crippen LogP contribution in [0.4, 0.5) is 4.79 Å². The number of carbonyl (C=O) groups is 3. The zero-order chi connectivity index (χ0) is 14.3. The molecule has 0 bridgehead atoms. The molecule has 0 atom stereocenters. The second kappa shape index (κ2) is 4.62. The molecule has 106 valence electrons. The Morgan fingerprint density at radius 1 is 1.16 bits per heavy atom. The zero-order valence-corrected chi connectivity index (χ0v) is 11.9. The van der Waals surface area contributed by atoms with Crippen LogP contribution in [0.5, 0.6) is 0 Å². The molecule has 1 N–H and O–H groups in total. The predicted octanol–water partition coefficient (Wildman–Crippen LogP) is 2.06. The van der Waals surface area contributed by atoms with Crippen LogP contribution in [0.2, 0.25) is 0 Å². The smallest absolute Gasteiger partial charge is 0.277 e. The Morgan fingerprint density at radius 3 is 2.26 bits per heavy atom. The van der Waals surface area contributed by atoms with E-state index in [1.54, 1.807) is 13.8 Å². The van der Waals surface area contributed by atoms with Gasteiger partial charge in [-0.25, -0.2) is 4.79 Å². The first-order valence-electron chi connectivity index (χ1n) is 7.00. The number of rotatable bonds is 3. The van der Waals surface area contributed by atoms with Crippen LogP contribution in [-0.4, -0.2) is 29.3 Å². The summed E-state index contributed by atoms with van der Waals surface area (Å²) in [4.78, 5) is 37.2. The van der Waals surface area contributed by atoms with Crippen molar-refractivity contribution in [3.63, 3.8) is 0 Å². The van der Waals surface area contributed by atoms with E-state index in [1.807, 2.05) is 0 Å². The Morgan fingerprint density at radius 2 is 1.74 bits per heavy atom. The van der Waals surface area contributed by atoms with Crippen LogP contribution in [0.1, 0.15) is 52.9 Å². The van der Waals surface area contributed by atoms with Gasteiger partial charge in [-0.15, -0.1) is 0 Å². The topological polar surface area (TPSA) is 66.5 Å². The molecule has 1 heterocycles. The van der Waals surface area contributed by atoms with E-state index >= 15 is 0 Å². The minimum Gasteiger partial charge on any atom is -0.277 e. The highest BCUT2D eigenvalue weighted by atomic mass is 16.2. The molecule has 0 aromatic heterocycles. The van der Waals surface area contributed by atoms with E-state index in [1.165, 1.54) is 4.90 Å². The fourth-order valence-corrected chi connectivity index (χ4v) is 3.08. The number of hydrogen-bond donors (Lipinski definition) is 1. The molecule has 1 saturated heterocycles. The lowest BCUT2D eigenvalue weighted by Gasteiger charge is -2.39. The first-order chi connectivity index (χ1) is 8.82. The number of amides is 4. The van der Waals surface area contributed by atoms with Crippen molar-refractivity contribution in [1.82, 2.24) is 10.2 Å². The number of barbiturate groups is 1. The highest BCUT2D eigenvalue weighted by Gasteiger charge is 2.49. The third-order valence-corrected chi connectivity index (χ3v) is 4.72. The van der Waals surface area contributed by atoms with Crippen LogP contribution in [-0.2, 0) is 9.59 Å².